The summed E-state index contributed by atoms with van der Waals surface area (Å²) in [6, 6.07) is 16.0. The zero-order valence-electron chi connectivity index (χ0n) is 12.0. The lowest BCUT2D eigenvalue weighted by molar-refractivity contribution is 0.0945. The van der Waals surface area contributed by atoms with Gasteiger partial charge in [-0.1, -0.05) is 44.2 Å². The van der Waals surface area contributed by atoms with Crippen LogP contribution in [0.5, 0.6) is 0 Å². The molecule has 1 amide bonds. The van der Waals surface area contributed by atoms with Crippen LogP contribution in [0.15, 0.2) is 53.0 Å². The second-order valence-corrected chi connectivity index (χ2v) is 7.66. The van der Waals surface area contributed by atoms with Gasteiger partial charge in [-0.3, -0.25) is 4.79 Å². The lowest BCUT2D eigenvalue weighted by Crippen LogP contribution is -2.36. The van der Waals surface area contributed by atoms with Crippen molar-refractivity contribution in [3.63, 3.8) is 0 Å². The molecule has 1 N–H and O–H groups in total. The van der Waals surface area contributed by atoms with Gasteiger partial charge in [0.15, 0.2) is 0 Å². The van der Waals surface area contributed by atoms with E-state index in [1.165, 1.54) is 5.56 Å². The van der Waals surface area contributed by atoms with Crippen molar-refractivity contribution in [3.05, 3.63) is 67.7 Å². The Morgan fingerprint density at radius 3 is 2.52 bits per heavy atom. The summed E-state index contributed by atoms with van der Waals surface area (Å²) in [4.78, 5) is 12.4. The summed E-state index contributed by atoms with van der Waals surface area (Å²) in [5.41, 5.74) is 1.78. The van der Waals surface area contributed by atoms with Crippen molar-refractivity contribution >= 4 is 44.4 Å². The fraction of sp³-hybridized carbons (Fsp3) is 0.235. The topological polar surface area (TPSA) is 29.1 Å². The molecular formula is C17H17BrINO. The molecule has 2 aromatic carbocycles. The highest BCUT2D eigenvalue weighted by atomic mass is 127. The molecule has 0 bridgehead atoms. The van der Waals surface area contributed by atoms with E-state index in [2.05, 4.69) is 69.8 Å². The molecule has 2 nitrogen and oxygen atoms in total. The Kier molecular flexibility index (Phi) is 5.43. The number of carbonyl (C=O) groups is 1. The molecule has 0 aliphatic carbocycles. The van der Waals surface area contributed by atoms with E-state index in [4.69, 9.17) is 0 Å². The lowest BCUT2D eigenvalue weighted by atomic mass is 9.84. The van der Waals surface area contributed by atoms with Gasteiger partial charge in [0.2, 0.25) is 0 Å². The van der Waals surface area contributed by atoms with E-state index in [9.17, 15) is 4.79 Å². The average Bonchev–Trinajstić information content (AvgIpc) is 2.48. The third-order valence-electron chi connectivity index (χ3n) is 3.42. The first kappa shape index (κ1) is 16.5. The standard InChI is InChI=1S/C17H17BrINO/c1-17(2,12-6-4-3-5-7-12)11-20-16(21)14-10-13(19)8-9-15(14)18/h3-10H,11H2,1-2H3,(H,20,21). The first-order chi connectivity index (χ1) is 9.90. The smallest absolute Gasteiger partial charge is 0.252 e. The minimum atomic E-state index is -0.106. The summed E-state index contributed by atoms with van der Waals surface area (Å²) in [5, 5.41) is 3.03. The highest BCUT2D eigenvalue weighted by Crippen LogP contribution is 2.23. The van der Waals surface area contributed by atoms with Crippen molar-refractivity contribution in [2.24, 2.45) is 0 Å². The molecule has 0 atom stereocenters. The van der Waals surface area contributed by atoms with Crippen LogP contribution in [0.4, 0.5) is 0 Å². The van der Waals surface area contributed by atoms with Gasteiger partial charge in [-0.25, -0.2) is 0 Å². The Balaban J connectivity index is 2.09. The molecule has 0 aliphatic rings. The molecule has 4 heteroatoms. The van der Waals surface area contributed by atoms with Gasteiger partial charge in [0.05, 0.1) is 5.56 Å². The van der Waals surface area contributed by atoms with Gasteiger partial charge in [0.25, 0.3) is 5.91 Å². The zero-order valence-corrected chi connectivity index (χ0v) is 15.7. The monoisotopic (exact) mass is 457 g/mol. The number of halogens is 2. The van der Waals surface area contributed by atoms with Gasteiger partial charge >= 0.3 is 0 Å². The van der Waals surface area contributed by atoms with Gasteiger partial charge in [0, 0.05) is 20.0 Å². The van der Waals surface area contributed by atoms with Crippen molar-refractivity contribution in [3.8, 4) is 0 Å². The Hall–Kier alpha value is -0.880. The van der Waals surface area contributed by atoms with Gasteiger partial charge in [0.1, 0.15) is 0 Å². The first-order valence-electron chi connectivity index (χ1n) is 6.69. The highest BCUT2D eigenvalue weighted by Gasteiger charge is 2.22. The molecule has 0 saturated carbocycles. The maximum absolute atomic E-state index is 12.4. The number of hydrogen-bond donors (Lipinski definition) is 1. The molecule has 2 rings (SSSR count). The van der Waals surface area contributed by atoms with Gasteiger partial charge in [-0.2, -0.15) is 0 Å². The van der Waals surface area contributed by atoms with E-state index >= 15 is 0 Å². The quantitative estimate of drug-likeness (QED) is 0.659. The van der Waals surface area contributed by atoms with Crippen LogP contribution < -0.4 is 5.32 Å². The van der Waals surface area contributed by atoms with Crippen LogP contribution >= 0.6 is 38.5 Å². The van der Waals surface area contributed by atoms with Crippen LogP contribution in [0.2, 0.25) is 0 Å². The molecule has 0 heterocycles. The van der Waals surface area contributed by atoms with Gasteiger partial charge in [-0.05, 0) is 62.3 Å². The number of rotatable bonds is 4. The molecule has 0 radical (unpaired) electrons. The molecular weight excluding hydrogens is 441 g/mol. The van der Waals surface area contributed by atoms with Gasteiger partial charge in [-0.15, -0.1) is 0 Å². The predicted molar refractivity (Wildman–Crippen MR) is 98.7 cm³/mol. The van der Waals surface area contributed by atoms with E-state index in [0.717, 1.165) is 8.04 Å². The summed E-state index contributed by atoms with van der Waals surface area (Å²) in [7, 11) is 0. The molecule has 21 heavy (non-hydrogen) atoms. The van der Waals surface area contributed by atoms with Crippen LogP contribution in [0.3, 0.4) is 0 Å². The van der Waals surface area contributed by atoms with Gasteiger partial charge < -0.3 is 5.32 Å². The van der Waals surface area contributed by atoms with E-state index < -0.39 is 0 Å². The summed E-state index contributed by atoms with van der Waals surface area (Å²) in [6.45, 7) is 4.85. The normalized spacial score (nSPS) is 11.2. The van der Waals surface area contributed by atoms with Crippen LogP contribution in [-0.4, -0.2) is 12.5 Å². The number of amides is 1. The first-order valence-corrected chi connectivity index (χ1v) is 8.56. The minimum absolute atomic E-state index is 0.0515. The van der Waals surface area contributed by atoms with Crippen molar-refractivity contribution < 1.29 is 4.79 Å². The van der Waals surface area contributed by atoms with Crippen molar-refractivity contribution in [2.75, 3.05) is 6.54 Å². The van der Waals surface area contributed by atoms with Crippen molar-refractivity contribution in [1.82, 2.24) is 5.32 Å². The molecule has 0 aliphatic heterocycles. The Morgan fingerprint density at radius 2 is 1.86 bits per heavy atom. The molecule has 110 valence electrons. The summed E-state index contributed by atoms with van der Waals surface area (Å²) < 4.78 is 1.86. The fourth-order valence-corrected chi connectivity index (χ4v) is 2.98. The second kappa shape index (κ2) is 6.92. The number of hydrogen-bond acceptors (Lipinski definition) is 1. The maximum atomic E-state index is 12.4. The maximum Gasteiger partial charge on any atom is 0.252 e. The number of carbonyl (C=O) groups excluding carboxylic acids is 1. The predicted octanol–water partition coefficient (Wildman–Crippen LogP) is 4.76. The Labute approximate surface area is 147 Å². The third-order valence-corrected chi connectivity index (χ3v) is 4.78. The molecule has 0 fully saturated rings. The van der Waals surface area contributed by atoms with Crippen molar-refractivity contribution in [2.45, 2.75) is 19.3 Å². The summed E-state index contributed by atoms with van der Waals surface area (Å²) >= 11 is 5.64. The van der Waals surface area contributed by atoms with E-state index in [0.29, 0.717) is 12.1 Å². The third kappa shape index (κ3) is 4.30. The van der Waals surface area contributed by atoms with E-state index in [1.807, 2.05) is 36.4 Å². The summed E-state index contributed by atoms with van der Waals surface area (Å²) in [5.74, 6) is -0.0515. The van der Waals surface area contributed by atoms with E-state index in [-0.39, 0.29) is 11.3 Å². The Morgan fingerprint density at radius 1 is 1.19 bits per heavy atom. The molecule has 2 aromatic rings. The van der Waals surface area contributed by atoms with Crippen molar-refractivity contribution in [1.29, 1.82) is 0 Å². The number of benzene rings is 2. The molecule has 0 unspecified atom stereocenters. The van der Waals surface area contributed by atoms with Crippen LogP contribution in [0, 0.1) is 3.57 Å². The molecule has 0 saturated heterocycles. The second-order valence-electron chi connectivity index (χ2n) is 5.56. The van der Waals surface area contributed by atoms with Crippen LogP contribution in [0.25, 0.3) is 0 Å². The molecule has 0 aromatic heterocycles. The average molecular weight is 458 g/mol. The molecule has 0 spiro atoms. The van der Waals surface area contributed by atoms with E-state index in [1.54, 1.807) is 0 Å². The largest absolute Gasteiger partial charge is 0.351 e. The Bertz CT molecular complexity index is 640. The van der Waals surface area contributed by atoms with Crippen LogP contribution in [-0.2, 0) is 5.41 Å². The number of nitrogens with one attached hydrogen (secondary N) is 1. The van der Waals surface area contributed by atoms with Crippen LogP contribution in [0.1, 0.15) is 29.8 Å². The minimum Gasteiger partial charge on any atom is -0.351 e. The lowest BCUT2D eigenvalue weighted by Gasteiger charge is -2.25. The highest BCUT2D eigenvalue weighted by molar-refractivity contribution is 14.1. The fourth-order valence-electron chi connectivity index (χ4n) is 2.06. The SMILES string of the molecule is CC(C)(CNC(=O)c1cc(I)ccc1Br)c1ccccc1. The zero-order chi connectivity index (χ0) is 15.5. The summed E-state index contributed by atoms with van der Waals surface area (Å²) in [6.07, 6.45) is 0.